The van der Waals surface area contributed by atoms with Crippen molar-refractivity contribution in [2.75, 3.05) is 13.2 Å². The summed E-state index contributed by atoms with van der Waals surface area (Å²) in [5.74, 6) is -0.795. The summed E-state index contributed by atoms with van der Waals surface area (Å²) in [5, 5.41) is 0. The Labute approximate surface area is 206 Å². The third-order valence-corrected chi connectivity index (χ3v) is 5.88. The molecule has 0 saturated carbocycles. The van der Waals surface area contributed by atoms with Crippen LogP contribution in [0, 0.1) is 5.41 Å². The van der Waals surface area contributed by atoms with Crippen LogP contribution in [0.1, 0.15) is 31.8 Å². The molecule has 0 radical (unpaired) electrons. The molecule has 4 aromatic rings. The molecule has 0 unspecified atom stereocenters. The summed E-state index contributed by atoms with van der Waals surface area (Å²) in [6.45, 7) is 0.208. The second kappa shape index (κ2) is 11.8. The second-order valence-corrected chi connectivity index (χ2v) is 8.71. The van der Waals surface area contributed by atoms with Crippen molar-refractivity contribution in [3.8, 4) is 0 Å². The Bertz CT molecular complexity index is 1110. The maximum absolute atomic E-state index is 12.8. The van der Waals surface area contributed by atoms with Crippen LogP contribution >= 0.6 is 0 Å². The number of rotatable bonds is 10. The fraction of sp³-hybridized carbons (Fsp3) is 0.161. The van der Waals surface area contributed by atoms with Crippen molar-refractivity contribution in [1.82, 2.24) is 0 Å². The van der Waals surface area contributed by atoms with Gasteiger partial charge in [-0.3, -0.25) is 0 Å². The molecule has 35 heavy (non-hydrogen) atoms. The van der Waals surface area contributed by atoms with Gasteiger partial charge in [-0.15, -0.1) is 0 Å². The number of benzene rings is 4. The van der Waals surface area contributed by atoms with Gasteiger partial charge in [0.05, 0.1) is 11.1 Å². The van der Waals surface area contributed by atoms with Gasteiger partial charge in [0, 0.05) is 5.41 Å². The normalized spacial score (nSPS) is 11.0. The summed E-state index contributed by atoms with van der Waals surface area (Å²) in [6.07, 6.45) is 1.15. The van der Waals surface area contributed by atoms with Crippen LogP contribution in [0.4, 0.5) is 0 Å². The first kappa shape index (κ1) is 24.0. The summed E-state index contributed by atoms with van der Waals surface area (Å²) >= 11 is 0. The van der Waals surface area contributed by atoms with E-state index in [1.807, 2.05) is 72.8 Å². The van der Waals surface area contributed by atoms with E-state index in [2.05, 4.69) is 0 Å². The highest BCUT2D eigenvalue weighted by molar-refractivity contribution is 5.89. The maximum atomic E-state index is 12.8. The van der Waals surface area contributed by atoms with Crippen LogP contribution in [-0.4, -0.2) is 25.2 Å². The Kier molecular flexibility index (Phi) is 8.08. The van der Waals surface area contributed by atoms with E-state index in [-0.39, 0.29) is 13.2 Å². The molecule has 0 bridgehead atoms. The molecule has 4 aromatic carbocycles. The molecule has 0 saturated heterocycles. The SMILES string of the molecule is O=C(OCC(COC(=O)c1ccccc1)(Cc1ccccc1)Cc1ccccc1)c1ccccc1. The van der Waals surface area contributed by atoms with Gasteiger partial charge in [0.1, 0.15) is 13.2 Å². The van der Waals surface area contributed by atoms with E-state index in [0.29, 0.717) is 24.0 Å². The Hall–Kier alpha value is -4.18. The van der Waals surface area contributed by atoms with Gasteiger partial charge in [-0.25, -0.2) is 9.59 Å². The van der Waals surface area contributed by atoms with Gasteiger partial charge in [-0.05, 0) is 48.2 Å². The van der Waals surface area contributed by atoms with Gasteiger partial charge in [0.15, 0.2) is 0 Å². The average Bonchev–Trinajstić information content (AvgIpc) is 2.92. The van der Waals surface area contributed by atoms with Crippen molar-refractivity contribution >= 4 is 11.9 Å². The number of hydrogen-bond acceptors (Lipinski definition) is 4. The molecule has 176 valence electrons. The first-order valence-corrected chi connectivity index (χ1v) is 11.7. The van der Waals surface area contributed by atoms with E-state index in [4.69, 9.17) is 9.47 Å². The molecule has 0 heterocycles. The number of hydrogen-bond donors (Lipinski definition) is 0. The minimum Gasteiger partial charge on any atom is -0.461 e. The predicted molar refractivity (Wildman–Crippen MR) is 136 cm³/mol. The maximum Gasteiger partial charge on any atom is 0.338 e. The highest BCUT2D eigenvalue weighted by Crippen LogP contribution is 2.30. The van der Waals surface area contributed by atoms with E-state index in [1.54, 1.807) is 48.5 Å². The van der Waals surface area contributed by atoms with Gasteiger partial charge >= 0.3 is 11.9 Å². The third-order valence-electron chi connectivity index (χ3n) is 5.88. The van der Waals surface area contributed by atoms with Gasteiger partial charge in [0.25, 0.3) is 0 Å². The van der Waals surface area contributed by atoms with Gasteiger partial charge in [0.2, 0.25) is 0 Å². The summed E-state index contributed by atoms with van der Waals surface area (Å²) in [6, 6.07) is 37.9. The van der Waals surface area contributed by atoms with Gasteiger partial charge in [-0.1, -0.05) is 97.1 Å². The van der Waals surface area contributed by atoms with Crippen molar-refractivity contribution in [3.05, 3.63) is 144 Å². The number of carbonyl (C=O) groups excluding carboxylic acids is 2. The molecule has 0 aromatic heterocycles. The second-order valence-electron chi connectivity index (χ2n) is 8.71. The highest BCUT2D eigenvalue weighted by atomic mass is 16.5. The van der Waals surface area contributed by atoms with E-state index in [0.717, 1.165) is 11.1 Å². The zero-order valence-corrected chi connectivity index (χ0v) is 19.5. The lowest BCUT2D eigenvalue weighted by molar-refractivity contribution is -0.00576. The van der Waals surface area contributed by atoms with Crippen molar-refractivity contribution < 1.29 is 19.1 Å². The van der Waals surface area contributed by atoms with Crippen molar-refractivity contribution in [1.29, 1.82) is 0 Å². The topological polar surface area (TPSA) is 52.6 Å². The molecule has 0 aliphatic heterocycles. The summed E-state index contributed by atoms with van der Waals surface area (Å²) in [5.41, 5.74) is 2.48. The van der Waals surface area contributed by atoms with Crippen molar-refractivity contribution in [3.63, 3.8) is 0 Å². The first-order valence-electron chi connectivity index (χ1n) is 11.7. The molecular formula is C31H28O4. The molecule has 0 atom stereocenters. The molecule has 0 amide bonds. The quantitative estimate of drug-likeness (QED) is 0.263. The van der Waals surface area contributed by atoms with Crippen LogP contribution in [0.2, 0.25) is 0 Å². The van der Waals surface area contributed by atoms with Crippen molar-refractivity contribution in [2.24, 2.45) is 5.41 Å². The lowest BCUT2D eigenvalue weighted by Crippen LogP contribution is -2.39. The van der Waals surface area contributed by atoms with E-state index < -0.39 is 17.4 Å². The van der Waals surface area contributed by atoms with E-state index >= 15 is 0 Å². The third kappa shape index (κ3) is 6.90. The smallest absolute Gasteiger partial charge is 0.338 e. The van der Waals surface area contributed by atoms with Crippen LogP contribution < -0.4 is 0 Å². The fourth-order valence-corrected chi connectivity index (χ4v) is 4.12. The molecular weight excluding hydrogens is 436 g/mol. The monoisotopic (exact) mass is 464 g/mol. The Morgan fingerprint density at radius 2 is 0.800 bits per heavy atom. The lowest BCUT2D eigenvalue weighted by atomic mass is 9.77. The summed E-state index contributed by atoms with van der Waals surface area (Å²) in [4.78, 5) is 25.7. The number of carbonyl (C=O) groups is 2. The van der Waals surface area contributed by atoms with E-state index in [9.17, 15) is 9.59 Å². The molecule has 0 aliphatic rings. The number of ether oxygens (including phenoxy) is 2. The van der Waals surface area contributed by atoms with Crippen LogP contribution in [0.5, 0.6) is 0 Å². The Balaban J connectivity index is 1.62. The summed E-state index contributed by atoms with van der Waals surface area (Å²) < 4.78 is 11.7. The standard InChI is InChI=1S/C31H28O4/c32-29(27-17-9-3-10-18-27)34-23-31(21-25-13-5-1-6-14-25,22-26-15-7-2-8-16-26)24-35-30(33)28-19-11-4-12-20-28/h1-20H,21-24H2. The van der Waals surface area contributed by atoms with E-state index in [1.165, 1.54) is 0 Å². The predicted octanol–water partition coefficient (Wildman–Crippen LogP) is 6.17. The molecule has 0 spiro atoms. The minimum absolute atomic E-state index is 0.104. The first-order chi connectivity index (χ1) is 17.1. The van der Waals surface area contributed by atoms with Crippen molar-refractivity contribution in [2.45, 2.75) is 12.8 Å². The minimum atomic E-state index is -0.655. The van der Waals surface area contributed by atoms with Crippen LogP contribution in [0.15, 0.2) is 121 Å². The van der Waals surface area contributed by atoms with Gasteiger partial charge < -0.3 is 9.47 Å². The lowest BCUT2D eigenvalue weighted by Gasteiger charge is -2.33. The molecule has 4 nitrogen and oxygen atoms in total. The molecule has 0 aliphatic carbocycles. The Morgan fingerprint density at radius 1 is 0.486 bits per heavy atom. The summed E-state index contributed by atoms with van der Waals surface area (Å²) in [7, 11) is 0. The average molecular weight is 465 g/mol. The molecule has 0 fully saturated rings. The molecule has 4 heteroatoms. The fourth-order valence-electron chi connectivity index (χ4n) is 4.12. The molecule has 4 rings (SSSR count). The zero-order valence-electron chi connectivity index (χ0n) is 19.5. The van der Waals surface area contributed by atoms with Gasteiger partial charge in [-0.2, -0.15) is 0 Å². The van der Waals surface area contributed by atoms with Crippen LogP contribution in [0.25, 0.3) is 0 Å². The molecule has 0 N–H and O–H groups in total. The van der Waals surface area contributed by atoms with Crippen LogP contribution in [-0.2, 0) is 22.3 Å². The Morgan fingerprint density at radius 3 is 1.14 bits per heavy atom. The highest BCUT2D eigenvalue weighted by Gasteiger charge is 2.35. The zero-order chi connectivity index (χ0) is 24.3. The largest absolute Gasteiger partial charge is 0.461 e. The number of esters is 2. The van der Waals surface area contributed by atoms with Crippen LogP contribution in [0.3, 0.4) is 0 Å².